The first kappa shape index (κ1) is 13.0. The number of nitrogens with zero attached hydrogens (tertiary/aromatic N) is 2. The number of primary amides is 1. The fraction of sp³-hybridized carbons (Fsp3) is 0.400. The largest absolute Gasteiger partial charge is 0.349 e. The third kappa shape index (κ3) is 1.86. The highest BCUT2D eigenvalue weighted by Gasteiger charge is 2.34. The summed E-state index contributed by atoms with van der Waals surface area (Å²) in [5.41, 5.74) is 9.00. The zero-order chi connectivity index (χ0) is 14.6. The monoisotopic (exact) mass is 302 g/mol. The topological polar surface area (TPSA) is 63.3 Å². The number of nitrogens with two attached hydrogens (primary N) is 1. The summed E-state index contributed by atoms with van der Waals surface area (Å²) >= 11 is 4.21. The molecule has 1 aliphatic carbocycles. The van der Waals surface area contributed by atoms with Gasteiger partial charge in [0.15, 0.2) is 0 Å². The number of fused-ring (bicyclic) bond motifs is 2. The van der Waals surface area contributed by atoms with Crippen molar-refractivity contribution in [3.63, 3.8) is 0 Å². The summed E-state index contributed by atoms with van der Waals surface area (Å²) in [7, 11) is 0. The maximum absolute atomic E-state index is 11.4. The first-order valence-corrected chi connectivity index (χ1v) is 7.72. The van der Waals surface area contributed by atoms with Gasteiger partial charge >= 0.3 is 6.03 Å². The van der Waals surface area contributed by atoms with Crippen molar-refractivity contribution in [1.29, 1.82) is 0 Å². The van der Waals surface area contributed by atoms with Gasteiger partial charge in [0.25, 0.3) is 0 Å². The van der Waals surface area contributed by atoms with E-state index in [1.165, 1.54) is 29.4 Å². The van der Waals surface area contributed by atoms with E-state index in [2.05, 4.69) is 30.3 Å². The maximum Gasteiger partial charge on any atom is 0.344 e. The molecule has 6 heteroatoms. The van der Waals surface area contributed by atoms with Crippen molar-refractivity contribution >= 4 is 29.7 Å². The van der Waals surface area contributed by atoms with Gasteiger partial charge in [-0.05, 0) is 55.8 Å². The average Bonchev–Trinajstić information content (AvgIpc) is 2.87. The molecule has 1 saturated heterocycles. The Morgan fingerprint density at radius 3 is 3.14 bits per heavy atom. The number of nitrogens with one attached hydrogen (secondary N) is 1. The SMILES string of the molecule is NC(=O)N(S)n1cc2c3c(cccc31)[C@H]1CCCN[C@@H]1C2. The maximum atomic E-state index is 11.4. The number of rotatable bonds is 1. The van der Waals surface area contributed by atoms with Gasteiger partial charge in [-0.2, -0.15) is 4.41 Å². The van der Waals surface area contributed by atoms with Crippen molar-refractivity contribution in [2.75, 3.05) is 11.0 Å². The van der Waals surface area contributed by atoms with Crippen LogP contribution in [0.3, 0.4) is 0 Å². The Morgan fingerprint density at radius 2 is 2.33 bits per heavy atom. The number of hydrogen-bond donors (Lipinski definition) is 3. The van der Waals surface area contributed by atoms with Crippen LogP contribution in [0.25, 0.3) is 10.9 Å². The molecular weight excluding hydrogens is 284 g/mol. The third-order valence-corrected chi connectivity index (χ3v) is 5.14. The highest BCUT2D eigenvalue weighted by molar-refractivity contribution is 7.82. The molecule has 2 amide bonds. The fourth-order valence-electron chi connectivity index (χ4n) is 3.88. The van der Waals surface area contributed by atoms with Gasteiger partial charge in [0, 0.05) is 23.5 Å². The van der Waals surface area contributed by atoms with E-state index in [9.17, 15) is 4.79 Å². The number of benzene rings is 1. The molecule has 0 saturated carbocycles. The molecule has 2 heterocycles. The Morgan fingerprint density at radius 1 is 1.48 bits per heavy atom. The lowest BCUT2D eigenvalue weighted by molar-refractivity contribution is 0.254. The number of urea groups is 1. The lowest BCUT2D eigenvalue weighted by Crippen LogP contribution is -2.43. The van der Waals surface area contributed by atoms with E-state index in [1.54, 1.807) is 4.68 Å². The zero-order valence-corrected chi connectivity index (χ0v) is 12.5. The van der Waals surface area contributed by atoms with Crippen LogP contribution in [0.2, 0.25) is 0 Å². The molecular formula is C15H18N4OS. The van der Waals surface area contributed by atoms with Crippen LogP contribution in [-0.2, 0) is 6.42 Å². The average molecular weight is 302 g/mol. The van der Waals surface area contributed by atoms with Gasteiger partial charge in [0.1, 0.15) is 0 Å². The molecule has 1 aromatic heterocycles. The van der Waals surface area contributed by atoms with E-state index >= 15 is 0 Å². The smallest absolute Gasteiger partial charge is 0.344 e. The predicted molar refractivity (Wildman–Crippen MR) is 86.2 cm³/mol. The third-order valence-electron chi connectivity index (χ3n) is 4.75. The minimum Gasteiger partial charge on any atom is -0.349 e. The lowest BCUT2D eigenvalue weighted by atomic mass is 9.76. The predicted octanol–water partition coefficient (Wildman–Crippen LogP) is 1.89. The normalized spacial score (nSPS) is 23.9. The van der Waals surface area contributed by atoms with Crippen molar-refractivity contribution in [3.8, 4) is 0 Å². The van der Waals surface area contributed by atoms with Crippen LogP contribution in [0.4, 0.5) is 4.79 Å². The summed E-state index contributed by atoms with van der Waals surface area (Å²) in [6, 6.07) is 6.20. The van der Waals surface area contributed by atoms with E-state index < -0.39 is 6.03 Å². The number of thiol groups is 1. The van der Waals surface area contributed by atoms with Gasteiger partial charge < -0.3 is 11.1 Å². The van der Waals surface area contributed by atoms with Crippen LogP contribution in [0.1, 0.15) is 29.9 Å². The molecule has 3 N–H and O–H groups in total. The molecule has 0 bridgehead atoms. The molecule has 2 atom stereocenters. The number of aromatic nitrogens is 1. The van der Waals surface area contributed by atoms with Crippen LogP contribution in [-0.4, -0.2) is 23.3 Å². The number of carbonyl (C=O) groups is 1. The van der Waals surface area contributed by atoms with Gasteiger partial charge in [0.05, 0.1) is 5.52 Å². The Bertz CT molecular complexity index is 726. The van der Waals surface area contributed by atoms with E-state index in [0.29, 0.717) is 12.0 Å². The minimum atomic E-state index is -0.582. The summed E-state index contributed by atoms with van der Waals surface area (Å²) in [6.07, 6.45) is 5.42. The van der Waals surface area contributed by atoms with Gasteiger partial charge in [-0.3, -0.25) is 0 Å². The van der Waals surface area contributed by atoms with Crippen LogP contribution in [0.15, 0.2) is 24.4 Å². The lowest BCUT2D eigenvalue weighted by Gasteiger charge is -2.36. The van der Waals surface area contributed by atoms with Crippen molar-refractivity contribution in [3.05, 3.63) is 35.5 Å². The second-order valence-corrected chi connectivity index (χ2v) is 6.26. The van der Waals surface area contributed by atoms with Crippen LogP contribution >= 0.6 is 12.8 Å². The molecule has 1 aliphatic heterocycles. The Labute approximate surface area is 128 Å². The first-order chi connectivity index (χ1) is 10.2. The Kier molecular flexibility index (Phi) is 2.90. The minimum absolute atomic E-state index is 0.495. The standard InChI is InChI=1S/C15H18N4OS/c16-15(20)19(21)18-8-9-7-12-10(4-2-6-17-12)11-3-1-5-13(18)14(9)11/h1,3,5,8,10,12,17,21H,2,4,6-7H2,(H2,16,20)/t10-,12-/m1/s1. The second kappa shape index (κ2) is 4.68. The molecule has 1 aromatic carbocycles. The summed E-state index contributed by atoms with van der Waals surface area (Å²) in [5, 5.41) is 4.90. The number of piperidine rings is 1. The van der Waals surface area contributed by atoms with Crippen molar-refractivity contribution in [2.24, 2.45) is 5.73 Å². The Balaban J connectivity index is 1.92. The molecule has 0 unspecified atom stereocenters. The molecule has 21 heavy (non-hydrogen) atoms. The summed E-state index contributed by atoms with van der Waals surface area (Å²) in [4.78, 5) is 11.4. The Hall–Kier alpha value is -1.66. The van der Waals surface area contributed by atoms with Gasteiger partial charge in [-0.15, -0.1) is 0 Å². The molecule has 4 rings (SSSR count). The number of amides is 2. The van der Waals surface area contributed by atoms with Gasteiger partial charge in [-0.1, -0.05) is 12.1 Å². The van der Waals surface area contributed by atoms with Crippen LogP contribution in [0.5, 0.6) is 0 Å². The van der Waals surface area contributed by atoms with Crippen LogP contribution < -0.4 is 15.5 Å². The van der Waals surface area contributed by atoms with Gasteiger partial charge in [-0.25, -0.2) is 9.47 Å². The molecule has 1 fully saturated rings. The fourth-order valence-corrected chi connectivity index (χ4v) is 4.03. The van der Waals surface area contributed by atoms with E-state index in [4.69, 9.17) is 5.73 Å². The molecule has 0 spiro atoms. The molecule has 5 nitrogen and oxygen atoms in total. The zero-order valence-electron chi connectivity index (χ0n) is 11.6. The van der Waals surface area contributed by atoms with E-state index in [-0.39, 0.29) is 0 Å². The van der Waals surface area contributed by atoms with E-state index in [0.717, 1.165) is 22.9 Å². The second-order valence-electron chi connectivity index (χ2n) is 5.88. The summed E-state index contributed by atoms with van der Waals surface area (Å²) in [6.45, 7) is 1.09. The molecule has 2 aliphatic rings. The highest BCUT2D eigenvalue weighted by atomic mass is 32.1. The van der Waals surface area contributed by atoms with Crippen molar-refractivity contribution in [2.45, 2.75) is 31.2 Å². The summed E-state index contributed by atoms with van der Waals surface area (Å²) in [5.74, 6) is 0.563. The van der Waals surface area contributed by atoms with Crippen LogP contribution in [0, 0.1) is 0 Å². The van der Waals surface area contributed by atoms with E-state index in [1.807, 2.05) is 12.3 Å². The molecule has 0 radical (unpaired) electrons. The quantitative estimate of drug-likeness (QED) is 0.705. The van der Waals surface area contributed by atoms with Crippen molar-refractivity contribution < 1.29 is 4.79 Å². The first-order valence-electron chi connectivity index (χ1n) is 7.32. The number of hydrogen-bond acceptors (Lipinski definition) is 3. The highest BCUT2D eigenvalue weighted by Crippen LogP contribution is 2.41. The number of carbonyl (C=O) groups excluding carboxylic acids is 1. The summed E-state index contributed by atoms with van der Waals surface area (Å²) < 4.78 is 2.91. The molecule has 110 valence electrons. The van der Waals surface area contributed by atoms with Crippen molar-refractivity contribution in [1.82, 2.24) is 9.99 Å². The van der Waals surface area contributed by atoms with Gasteiger partial charge in [0.2, 0.25) is 0 Å². The molecule has 2 aromatic rings.